The van der Waals surface area contributed by atoms with Crippen molar-refractivity contribution in [2.24, 2.45) is 5.41 Å². The fraction of sp³-hybridized carbons (Fsp3) is 0.381. The summed E-state index contributed by atoms with van der Waals surface area (Å²) in [4.78, 5) is 15.1. The monoisotopic (exact) mass is 335 g/mol. The lowest BCUT2D eigenvalue weighted by molar-refractivity contribution is 0.0608. The number of anilines is 2. The topological polar surface area (TPSA) is 44.4 Å². The van der Waals surface area contributed by atoms with Gasteiger partial charge in [0.1, 0.15) is 0 Å². The molecule has 1 spiro atoms. The van der Waals surface area contributed by atoms with Gasteiger partial charge in [0.15, 0.2) is 0 Å². The van der Waals surface area contributed by atoms with Crippen molar-refractivity contribution in [1.29, 1.82) is 0 Å². The van der Waals surface area contributed by atoms with Crippen LogP contribution in [-0.2, 0) is 0 Å². The van der Waals surface area contributed by atoms with Crippen LogP contribution in [-0.4, -0.2) is 37.0 Å². The maximum atomic E-state index is 13.1. The summed E-state index contributed by atoms with van der Waals surface area (Å²) >= 11 is 0. The van der Waals surface area contributed by atoms with Crippen LogP contribution in [0.3, 0.4) is 0 Å². The Morgan fingerprint density at radius 2 is 1.68 bits per heavy atom. The molecule has 4 heteroatoms. The standard InChI is InChI=1S/C21H25N3O/c25-20(24-14-11-21(12-15-24)10-13-22-16-21)18-8-4-5-9-19(18)23-17-6-2-1-3-7-17/h1-9,22-23H,10-16H2. The summed E-state index contributed by atoms with van der Waals surface area (Å²) in [6, 6.07) is 17.8. The zero-order valence-corrected chi connectivity index (χ0v) is 14.5. The molecular weight excluding hydrogens is 310 g/mol. The van der Waals surface area contributed by atoms with Crippen molar-refractivity contribution in [1.82, 2.24) is 10.2 Å². The largest absolute Gasteiger partial charge is 0.355 e. The Morgan fingerprint density at radius 1 is 0.960 bits per heavy atom. The Hall–Kier alpha value is -2.33. The molecule has 2 aliphatic heterocycles. The maximum Gasteiger partial charge on any atom is 0.255 e. The molecule has 2 saturated heterocycles. The van der Waals surface area contributed by atoms with Crippen LogP contribution >= 0.6 is 0 Å². The van der Waals surface area contributed by atoms with Gasteiger partial charge in [-0.05, 0) is 55.5 Å². The molecule has 0 unspecified atom stereocenters. The molecule has 130 valence electrons. The van der Waals surface area contributed by atoms with Gasteiger partial charge in [-0.3, -0.25) is 4.79 Å². The number of benzene rings is 2. The zero-order chi connectivity index (χ0) is 17.1. The van der Waals surface area contributed by atoms with Gasteiger partial charge in [-0.25, -0.2) is 0 Å². The number of piperidine rings is 1. The van der Waals surface area contributed by atoms with Gasteiger partial charge < -0.3 is 15.5 Å². The highest BCUT2D eigenvalue weighted by Crippen LogP contribution is 2.37. The molecule has 25 heavy (non-hydrogen) atoms. The van der Waals surface area contributed by atoms with Crippen LogP contribution in [0.5, 0.6) is 0 Å². The molecule has 2 heterocycles. The first-order valence-corrected chi connectivity index (χ1v) is 9.17. The first-order valence-electron chi connectivity index (χ1n) is 9.17. The molecule has 0 aromatic heterocycles. The summed E-state index contributed by atoms with van der Waals surface area (Å²) in [5.41, 5.74) is 3.06. The summed E-state index contributed by atoms with van der Waals surface area (Å²) in [6.07, 6.45) is 3.47. The number of hydrogen-bond donors (Lipinski definition) is 2. The van der Waals surface area contributed by atoms with Gasteiger partial charge in [0.2, 0.25) is 0 Å². The second-order valence-corrected chi connectivity index (χ2v) is 7.26. The smallest absolute Gasteiger partial charge is 0.255 e. The SMILES string of the molecule is O=C(c1ccccc1Nc1ccccc1)N1CCC2(CCNC2)CC1. The molecule has 0 atom stereocenters. The molecule has 2 fully saturated rings. The normalized spacial score (nSPS) is 19.1. The van der Waals surface area contributed by atoms with Gasteiger partial charge in [0.05, 0.1) is 11.3 Å². The van der Waals surface area contributed by atoms with E-state index in [1.54, 1.807) is 0 Å². The molecule has 2 N–H and O–H groups in total. The van der Waals surface area contributed by atoms with Gasteiger partial charge in [-0.1, -0.05) is 30.3 Å². The van der Waals surface area contributed by atoms with Gasteiger partial charge in [0, 0.05) is 25.3 Å². The third kappa shape index (κ3) is 3.40. The van der Waals surface area contributed by atoms with E-state index in [2.05, 4.69) is 10.6 Å². The quantitative estimate of drug-likeness (QED) is 0.900. The summed E-state index contributed by atoms with van der Waals surface area (Å²) in [6.45, 7) is 3.96. The molecule has 2 aromatic carbocycles. The van der Waals surface area contributed by atoms with Crippen LogP contribution in [0.2, 0.25) is 0 Å². The maximum absolute atomic E-state index is 13.1. The number of para-hydroxylation sites is 2. The van der Waals surface area contributed by atoms with Crippen LogP contribution < -0.4 is 10.6 Å². The van der Waals surface area contributed by atoms with E-state index in [-0.39, 0.29) is 5.91 Å². The van der Waals surface area contributed by atoms with Crippen LogP contribution in [0, 0.1) is 5.41 Å². The molecule has 0 saturated carbocycles. The number of nitrogens with zero attached hydrogens (tertiary/aromatic N) is 1. The van der Waals surface area contributed by atoms with Gasteiger partial charge >= 0.3 is 0 Å². The molecule has 0 aliphatic carbocycles. The number of nitrogens with one attached hydrogen (secondary N) is 2. The van der Waals surface area contributed by atoms with E-state index in [1.807, 2.05) is 59.5 Å². The summed E-state index contributed by atoms with van der Waals surface area (Å²) in [5, 5.41) is 6.87. The van der Waals surface area contributed by atoms with Gasteiger partial charge in [-0.2, -0.15) is 0 Å². The van der Waals surface area contributed by atoms with Crippen molar-refractivity contribution in [3.05, 3.63) is 60.2 Å². The number of hydrogen-bond acceptors (Lipinski definition) is 3. The van der Waals surface area contributed by atoms with Crippen molar-refractivity contribution in [2.75, 3.05) is 31.5 Å². The average molecular weight is 335 g/mol. The van der Waals surface area contributed by atoms with Crippen LogP contribution in [0.1, 0.15) is 29.6 Å². The molecule has 4 nitrogen and oxygen atoms in total. The highest BCUT2D eigenvalue weighted by Gasteiger charge is 2.38. The molecule has 0 radical (unpaired) electrons. The third-order valence-corrected chi connectivity index (χ3v) is 5.65. The lowest BCUT2D eigenvalue weighted by Gasteiger charge is -2.39. The second-order valence-electron chi connectivity index (χ2n) is 7.26. The minimum atomic E-state index is 0.139. The predicted octanol–water partition coefficient (Wildman–Crippen LogP) is 3.65. The summed E-state index contributed by atoms with van der Waals surface area (Å²) in [5.74, 6) is 0.139. The fourth-order valence-corrected chi connectivity index (χ4v) is 4.03. The number of likely N-dealkylation sites (tertiary alicyclic amines) is 1. The molecular formula is C21H25N3O. The average Bonchev–Trinajstić information content (AvgIpc) is 3.11. The Morgan fingerprint density at radius 3 is 2.40 bits per heavy atom. The van der Waals surface area contributed by atoms with Crippen LogP contribution in [0.15, 0.2) is 54.6 Å². The first kappa shape index (κ1) is 16.2. The zero-order valence-electron chi connectivity index (χ0n) is 14.5. The van der Waals surface area contributed by atoms with Gasteiger partial charge in [-0.15, -0.1) is 0 Å². The highest BCUT2D eigenvalue weighted by molar-refractivity contribution is 6.00. The minimum Gasteiger partial charge on any atom is -0.355 e. The van der Waals surface area contributed by atoms with E-state index in [4.69, 9.17) is 0 Å². The van der Waals surface area contributed by atoms with Crippen molar-refractivity contribution in [3.8, 4) is 0 Å². The molecule has 0 bridgehead atoms. The van der Waals surface area contributed by atoms with Gasteiger partial charge in [0.25, 0.3) is 5.91 Å². The van der Waals surface area contributed by atoms with E-state index in [0.717, 1.165) is 56.0 Å². The molecule has 2 aliphatic rings. The molecule has 1 amide bonds. The van der Waals surface area contributed by atoms with Crippen molar-refractivity contribution >= 4 is 17.3 Å². The van der Waals surface area contributed by atoms with E-state index in [0.29, 0.717) is 5.41 Å². The Labute approximate surface area is 149 Å². The van der Waals surface area contributed by atoms with E-state index < -0.39 is 0 Å². The van der Waals surface area contributed by atoms with Crippen molar-refractivity contribution in [2.45, 2.75) is 19.3 Å². The summed E-state index contributed by atoms with van der Waals surface area (Å²) < 4.78 is 0. The second kappa shape index (κ2) is 6.89. The lowest BCUT2D eigenvalue weighted by Crippen LogP contribution is -2.44. The number of amides is 1. The Kier molecular flexibility index (Phi) is 4.45. The number of carbonyl (C=O) groups is 1. The van der Waals surface area contributed by atoms with Crippen LogP contribution in [0.4, 0.5) is 11.4 Å². The molecule has 2 aromatic rings. The highest BCUT2D eigenvalue weighted by atomic mass is 16.2. The van der Waals surface area contributed by atoms with Crippen LogP contribution in [0.25, 0.3) is 0 Å². The molecule has 4 rings (SSSR count). The Bertz CT molecular complexity index is 728. The number of rotatable bonds is 3. The fourth-order valence-electron chi connectivity index (χ4n) is 4.03. The van der Waals surface area contributed by atoms with Crippen molar-refractivity contribution in [3.63, 3.8) is 0 Å². The van der Waals surface area contributed by atoms with E-state index in [9.17, 15) is 4.79 Å². The minimum absolute atomic E-state index is 0.139. The predicted molar refractivity (Wildman–Crippen MR) is 101 cm³/mol. The lowest BCUT2D eigenvalue weighted by atomic mass is 9.78. The van der Waals surface area contributed by atoms with Crippen molar-refractivity contribution < 1.29 is 4.79 Å². The number of carbonyl (C=O) groups excluding carboxylic acids is 1. The third-order valence-electron chi connectivity index (χ3n) is 5.65. The van der Waals surface area contributed by atoms with E-state index >= 15 is 0 Å². The first-order chi connectivity index (χ1) is 12.3. The summed E-state index contributed by atoms with van der Waals surface area (Å²) in [7, 11) is 0. The van der Waals surface area contributed by atoms with E-state index in [1.165, 1.54) is 6.42 Å². The Balaban J connectivity index is 1.49.